The molecule has 3 atom stereocenters. The van der Waals surface area contributed by atoms with Gasteiger partial charge in [0, 0.05) is 40.3 Å². The van der Waals surface area contributed by atoms with Gasteiger partial charge in [-0.25, -0.2) is 4.98 Å². The van der Waals surface area contributed by atoms with Crippen LogP contribution in [0.15, 0.2) is 52.5 Å². The van der Waals surface area contributed by atoms with Crippen molar-refractivity contribution in [2.75, 3.05) is 0 Å². The zero-order chi connectivity index (χ0) is 18.1. The van der Waals surface area contributed by atoms with Crippen LogP contribution >= 0.6 is 11.8 Å². The maximum atomic E-state index is 12.5. The quantitative estimate of drug-likeness (QED) is 0.795. The number of hydrogen-bond donors (Lipinski definition) is 2. The predicted octanol–water partition coefficient (Wildman–Crippen LogP) is 3.06. The molecule has 2 saturated heterocycles. The van der Waals surface area contributed by atoms with Crippen LogP contribution in [0.4, 0.5) is 0 Å². The molecule has 134 valence electrons. The van der Waals surface area contributed by atoms with Crippen molar-refractivity contribution < 1.29 is 9.59 Å². The molecular weight excluding hydrogens is 346 g/mol. The van der Waals surface area contributed by atoms with Crippen molar-refractivity contribution in [3.63, 3.8) is 0 Å². The highest BCUT2D eigenvalue weighted by molar-refractivity contribution is 7.99. The minimum atomic E-state index is -0.00941. The van der Waals surface area contributed by atoms with Crippen molar-refractivity contribution in [3.05, 3.63) is 53.7 Å². The van der Waals surface area contributed by atoms with Gasteiger partial charge in [0.1, 0.15) is 5.03 Å². The summed E-state index contributed by atoms with van der Waals surface area (Å²) in [6, 6.07) is 12.4. The smallest absolute Gasteiger partial charge is 0.251 e. The fourth-order valence-electron chi connectivity index (χ4n) is 3.68. The lowest BCUT2D eigenvalue weighted by molar-refractivity contribution is 0.0930. The molecule has 26 heavy (non-hydrogen) atoms. The Morgan fingerprint density at radius 1 is 1.12 bits per heavy atom. The lowest BCUT2D eigenvalue weighted by Gasteiger charge is -2.21. The molecule has 3 heterocycles. The molecule has 2 aromatic rings. The van der Waals surface area contributed by atoms with E-state index in [9.17, 15) is 9.59 Å². The molecule has 2 N–H and O–H groups in total. The highest BCUT2D eigenvalue weighted by Gasteiger charge is 2.39. The van der Waals surface area contributed by atoms with E-state index in [4.69, 9.17) is 0 Å². The molecule has 2 fully saturated rings. The van der Waals surface area contributed by atoms with E-state index in [0.29, 0.717) is 23.2 Å². The lowest BCUT2D eigenvalue weighted by atomic mass is 9.95. The summed E-state index contributed by atoms with van der Waals surface area (Å²) in [6.07, 6.45) is 5.01. The SMILES string of the molecule is CC(=O)c1ccc(Sc2ccc(C(=O)N[C@@H]3C[C@H]4CC[C@@H]3N4)cc2)nc1. The summed E-state index contributed by atoms with van der Waals surface area (Å²) in [7, 11) is 0. The second-order valence-corrected chi connectivity index (χ2v) is 8.02. The minimum absolute atomic E-state index is 0.00935. The number of benzene rings is 1. The van der Waals surface area contributed by atoms with Gasteiger partial charge in [-0.3, -0.25) is 9.59 Å². The number of aromatic nitrogens is 1. The standard InChI is InChI=1S/C20H21N3O2S/c1-12(24)14-4-9-19(21-11-14)26-16-6-2-13(3-7-16)20(25)23-18-10-15-5-8-17(18)22-15/h2-4,6-7,9,11,15,17-18,22H,5,8,10H2,1H3,(H,23,25)/t15-,17+,18-/m1/s1. The third kappa shape index (κ3) is 3.66. The van der Waals surface area contributed by atoms with Gasteiger partial charge in [0.25, 0.3) is 5.91 Å². The zero-order valence-electron chi connectivity index (χ0n) is 14.6. The number of Topliss-reactive ketones (excluding diaryl/α,β-unsaturated/α-hetero) is 1. The van der Waals surface area contributed by atoms with E-state index < -0.39 is 0 Å². The maximum absolute atomic E-state index is 12.5. The van der Waals surface area contributed by atoms with Crippen molar-refractivity contribution in [1.29, 1.82) is 0 Å². The summed E-state index contributed by atoms with van der Waals surface area (Å²) >= 11 is 1.51. The van der Waals surface area contributed by atoms with Crippen LogP contribution in [0.25, 0.3) is 0 Å². The van der Waals surface area contributed by atoms with E-state index in [1.807, 2.05) is 30.3 Å². The Kier molecular flexibility index (Phi) is 4.78. The number of nitrogens with one attached hydrogen (secondary N) is 2. The molecule has 2 aliphatic rings. The first-order chi connectivity index (χ1) is 12.6. The van der Waals surface area contributed by atoms with E-state index in [0.717, 1.165) is 22.8 Å². The summed E-state index contributed by atoms with van der Waals surface area (Å²) in [5.74, 6) is -0.0000596. The topological polar surface area (TPSA) is 71.1 Å². The highest BCUT2D eigenvalue weighted by atomic mass is 32.2. The van der Waals surface area contributed by atoms with Crippen molar-refractivity contribution in [2.24, 2.45) is 0 Å². The van der Waals surface area contributed by atoms with Crippen LogP contribution in [0.1, 0.15) is 46.9 Å². The Balaban J connectivity index is 1.37. The third-order valence-corrected chi connectivity index (χ3v) is 6.06. The number of rotatable bonds is 5. The number of pyridine rings is 1. The number of fused-ring (bicyclic) bond motifs is 2. The molecule has 1 amide bonds. The van der Waals surface area contributed by atoms with Crippen molar-refractivity contribution in [2.45, 2.75) is 54.2 Å². The molecule has 1 aromatic carbocycles. The third-order valence-electron chi connectivity index (χ3n) is 5.10. The largest absolute Gasteiger partial charge is 0.348 e. The monoisotopic (exact) mass is 367 g/mol. The number of carbonyl (C=O) groups excluding carboxylic acids is 2. The summed E-state index contributed by atoms with van der Waals surface area (Å²) in [5, 5.41) is 7.52. The van der Waals surface area contributed by atoms with E-state index >= 15 is 0 Å². The van der Waals surface area contributed by atoms with Crippen molar-refractivity contribution >= 4 is 23.5 Å². The van der Waals surface area contributed by atoms with Gasteiger partial charge in [0.2, 0.25) is 0 Å². The average molecular weight is 367 g/mol. The van der Waals surface area contributed by atoms with Gasteiger partial charge in [0.15, 0.2) is 5.78 Å². The fourth-order valence-corrected chi connectivity index (χ4v) is 4.43. The van der Waals surface area contributed by atoms with Crippen LogP contribution in [-0.2, 0) is 0 Å². The van der Waals surface area contributed by atoms with Gasteiger partial charge in [-0.15, -0.1) is 0 Å². The van der Waals surface area contributed by atoms with Crippen molar-refractivity contribution in [3.8, 4) is 0 Å². The van der Waals surface area contributed by atoms with E-state index in [1.165, 1.54) is 25.1 Å². The number of amides is 1. The normalized spacial score (nSPS) is 23.8. The first kappa shape index (κ1) is 17.2. The molecule has 1 aromatic heterocycles. The van der Waals surface area contributed by atoms with Gasteiger partial charge in [-0.1, -0.05) is 11.8 Å². The number of hydrogen-bond acceptors (Lipinski definition) is 5. The number of ketones is 1. The van der Waals surface area contributed by atoms with Crippen LogP contribution in [-0.4, -0.2) is 34.8 Å². The van der Waals surface area contributed by atoms with E-state index in [1.54, 1.807) is 12.3 Å². The van der Waals surface area contributed by atoms with Gasteiger partial charge in [0.05, 0.1) is 0 Å². The first-order valence-electron chi connectivity index (χ1n) is 8.90. The Morgan fingerprint density at radius 3 is 2.46 bits per heavy atom. The highest BCUT2D eigenvalue weighted by Crippen LogP contribution is 2.29. The van der Waals surface area contributed by atoms with Gasteiger partial charge in [-0.2, -0.15) is 0 Å². The second-order valence-electron chi connectivity index (χ2n) is 6.93. The summed E-state index contributed by atoms with van der Waals surface area (Å²) in [4.78, 5) is 29.1. The summed E-state index contributed by atoms with van der Waals surface area (Å²) < 4.78 is 0. The molecule has 2 aliphatic heterocycles. The second kappa shape index (κ2) is 7.21. The Hall–Kier alpha value is -2.18. The molecule has 0 saturated carbocycles. The van der Waals surface area contributed by atoms with Crippen LogP contribution in [0.5, 0.6) is 0 Å². The predicted molar refractivity (Wildman–Crippen MR) is 101 cm³/mol. The van der Waals surface area contributed by atoms with Crippen LogP contribution in [0, 0.1) is 0 Å². The molecule has 4 rings (SSSR count). The lowest BCUT2D eigenvalue weighted by Crippen LogP contribution is -2.42. The van der Waals surface area contributed by atoms with Gasteiger partial charge in [-0.05, 0) is 62.6 Å². The molecule has 2 bridgehead atoms. The Labute approximate surface area is 157 Å². The Bertz CT molecular complexity index is 820. The van der Waals surface area contributed by atoms with E-state index in [2.05, 4.69) is 15.6 Å². The first-order valence-corrected chi connectivity index (χ1v) is 9.72. The average Bonchev–Trinajstić information content (AvgIpc) is 3.26. The van der Waals surface area contributed by atoms with Gasteiger partial charge >= 0.3 is 0 Å². The molecule has 0 radical (unpaired) electrons. The molecule has 5 nitrogen and oxygen atoms in total. The van der Waals surface area contributed by atoms with Crippen LogP contribution in [0.3, 0.4) is 0 Å². The molecule has 0 spiro atoms. The Morgan fingerprint density at radius 2 is 1.88 bits per heavy atom. The van der Waals surface area contributed by atoms with Crippen LogP contribution < -0.4 is 10.6 Å². The van der Waals surface area contributed by atoms with Crippen molar-refractivity contribution in [1.82, 2.24) is 15.6 Å². The minimum Gasteiger partial charge on any atom is -0.348 e. The number of nitrogens with zero attached hydrogens (tertiary/aromatic N) is 1. The zero-order valence-corrected chi connectivity index (χ0v) is 15.4. The summed E-state index contributed by atoms with van der Waals surface area (Å²) in [5.41, 5.74) is 1.29. The summed E-state index contributed by atoms with van der Waals surface area (Å²) in [6.45, 7) is 1.53. The fraction of sp³-hybridized carbons (Fsp3) is 0.350. The van der Waals surface area contributed by atoms with Crippen LogP contribution in [0.2, 0.25) is 0 Å². The van der Waals surface area contributed by atoms with E-state index in [-0.39, 0.29) is 17.7 Å². The molecule has 6 heteroatoms. The number of carbonyl (C=O) groups is 2. The van der Waals surface area contributed by atoms with Gasteiger partial charge < -0.3 is 10.6 Å². The molecule has 0 unspecified atom stereocenters. The maximum Gasteiger partial charge on any atom is 0.251 e. The molecule has 0 aliphatic carbocycles. The molecular formula is C20H21N3O2S.